The first kappa shape index (κ1) is 16.0. The molecular weight excluding hydrogens is 278 g/mol. The fourth-order valence-corrected chi connectivity index (χ4v) is 1.26. The molecule has 1 aromatic rings. The molecule has 1 amide bonds. The molecule has 20 heavy (non-hydrogen) atoms. The minimum atomic E-state index is -4.27. The van der Waals surface area contributed by atoms with Crippen molar-refractivity contribution in [3.05, 3.63) is 35.4 Å². The maximum absolute atomic E-state index is 12.7. The molecule has 1 rings (SSSR count). The van der Waals surface area contributed by atoms with Gasteiger partial charge in [0.15, 0.2) is 0 Å². The summed E-state index contributed by atoms with van der Waals surface area (Å²) in [7, 11) is 0. The van der Waals surface area contributed by atoms with E-state index in [0.29, 0.717) is 5.56 Å². The Morgan fingerprint density at radius 1 is 1.40 bits per heavy atom. The van der Waals surface area contributed by atoms with Crippen molar-refractivity contribution in [3.63, 3.8) is 0 Å². The van der Waals surface area contributed by atoms with E-state index in [1.54, 1.807) is 11.4 Å². The standard InChI is InChI=1S/C13H11F4NO2/c14-12(15)13(16,17)8-18-11(20)10-5-1-3-9(7-10)4-2-6-19/h1,3,5,7,12,19H,6,8H2,(H,18,20). The number of halogens is 4. The van der Waals surface area contributed by atoms with Crippen molar-refractivity contribution in [2.75, 3.05) is 13.2 Å². The Kier molecular flexibility index (Phi) is 5.53. The molecule has 3 nitrogen and oxygen atoms in total. The van der Waals surface area contributed by atoms with Gasteiger partial charge >= 0.3 is 12.3 Å². The number of amides is 1. The van der Waals surface area contributed by atoms with Crippen LogP contribution >= 0.6 is 0 Å². The molecule has 0 radical (unpaired) electrons. The zero-order chi connectivity index (χ0) is 15.2. The topological polar surface area (TPSA) is 49.3 Å². The van der Waals surface area contributed by atoms with Crippen LogP contribution in [0.15, 0.2) is 24.3 Å². The van der Waals surface area contributed by atoms with Crippen LogP contribution < -0.4 is 5.32 Å². The molecule has 0 fully saturated rings. The van der Waals surface area contributed by atoms with Gasteiger partial charge in [0.2, 0.25) is 0 Å². The van der Waals surface area contributed by atoms with Crippen LogP contribution in [-0.4, -0.2) is 36.5 Å². The van der Waals surface area contributed by atoms with Crippen LogP contribution in [0, 0.1) is 11.8 Å². The molecule has 0 aliphatic rings. The number of nitrogens with one attached hydrogen (secondary N) is 1. The van der Waals surface area contributed by atoms with Crippen LogP contribution in [0.5, 0.6) is 0 Å². The van der Waals surface area contributed by atoms with Crippen molar-refractivity contribution < 1.29 is 27.5 Å². The molecule has 0 aromatic heterocycles. The van der Waals surface area contributed by atoms with Crippen LogP contribution in [0.4, 0.5) is 17.6 Å². The smallest absolute Gasteiger partial charge is 0.324 e. The third kappa shape index (κ3) is 4.55. The number of alkyl halides is 4. The Morgan fingerprint density at radius 2 is 2.10 bits per heavy atom. The number of aliphatic hydroxyl groups is 1. The van der Waals surface area contributed by atoms with E-state index in [-0.39, 0.29) is 12.2 Å². The van der Waals surface area contributed by atoms with Crippen LogP contribution in [0.3, 0.4) is 0 Å². The Balaban J connectivity index is 2.73. The summed E-state index contributed by atoms with van der Waals surface area (Å²) in [5.41, 5.74) is 0.409. The Morgan fingerprint density at radius 3 is 2.70 bits per heavy atom. The summed E-state index contributed by atoms with van der Waals surface area (Å²) < 4.78 is 49.2. The lowest BCUT2D eigenvalue weighted by atomic mass is 10.1. The lowest BCUT2D eigenvalue weighted by Gasteiger charge is -2.15. The quantitative estimate of drug-likeness (QED) is 0.654. The van der Waals surface area contributed by atoms with Gasteiger partial charge in [-0.15, -0.1) is 0 Å². The molecule has 0 unspecified atom stereocenters. The molecule has 0 atom stereocenters. The molecular formula is C13H11F4NO2. The maximum Gasteiger partial charge on any atom is 0.324 e. The summed E-state index contributed by atoms with van der Waals surface area (Å²) in [6.45, 7) is -1.81. The lowest BCUT2D eigenvalue weighted by Crippen LogP contribution is -2.41. The largest absolute Gasteiger partial charge is 0.384 e. The van der Waals surface area contributed by atoms with Gasteiger partial charge in [-0.1, -0.05) is 17.9 Å². The van der Waals surface area contributed by atoms with Gasteiger partial charge in [-0.3, -0.25) is 4.79 Å². The van der Waals surface area contributed by atoms with Gasteiger partial charge in [-0.2, -0.15) is 8.78 Å². The highest BCUT2D eigenvalue weighted by Gasteiger charge is 2.40. The SMILES string of the molecule is O=C(NCC(F)(F)C(F)F)c1cccc(C#CCO)c1. The van der Waals surface area contributed by atoms with Gasteiger partial charge in [0.05, 0.1) is 6.54 Å². The zero-order valence-electron chi connectivity index (χ0n) is 10.2. The number of hydrogen-bond donors (Lipinski definition) is 2. The van der Waals surface area contributed by atoms with Gasteiger partial charge in [0.1, 0.15) is 6.61 Å². The van der Waals surface area contributed by atoms with Crippen molar-refractivity contribution in [1.29, 1.82) is 0 Å². The summed E-state index contributed by atoms with van der Waals surface area (Å²) in [4.78, 5) is 11.6. The molecule has 0 aliphatic heterocycles. The van der Waals surface area contributed by atoms with E-state index in [4.69, 9.17) is 5.11 Å². The second-order valence-electron chi connectivity index (χ2n) is 3.79. The number of carbonyl (C=O) groups excluding carboxylic acids is 1. The number of carbonyl (C=O) groups is 1. The van der Waals surface area contributed by atoms with Crippen LogP contribution in [0.25, 0.3) is 0 Å². The average Bonchev–Trinajstić information content (AvgIpc) is 2.42. The van der Waals surface area contributed by atoms with Gasteiger partial charge < -0.3 is 10.4 Å². The van der Waals surface area contributed by atoms with Crippen LogP contribution in [-0.2, 0) is 0 Å². The third-order valence-corrected chi connectivity index (χ3v) is 2.24. The van der Waals surface area contributed by atoms with Crippen molar-refractivity contribution in [1.82, 2.24) is 5.32 Å². The van der Waals surface area contributed by atoms with E-state index < -0.39 is 24.8 Å². The van der Waals surface area contributed by atoms with Crippen molar-refractivity contribution >= 4 is 5.91 Å². The van der Waals surface area contributed by atoms with E-state index in [1.165, 1.54) is 18.2 Å². The Hall–Kier alpha value is -2.07. The summed E-state index contributed by atoms with van der Waals surface area (Å²) >= 11 is 0. The number of hydrogen-bond acceptors (Lipinski definition) is 2. The second-order valence-corrected chi connectivity index (χ2v) is 3.79. The lowest BCUT2D eigenvalue weighted by molar-refractivity contribution is -0.123. The molecule has 0 bridgehead atoms. The Labute approximate surface area is 112 Å². The van der Waals surface area contributed by atoms with E-state index in [0.717, 1.165) is 0 Å². The molecule has 1 aromatic carbocycles. The molecule has 0 saturated heterocycles. The predicted octanol–water partition coefficient (Wildman–Crippen LogP) is 1.66. The average molecular weight is 289 g/mol. The minimum Gasteiger partial charge on any atom is -0.384 e. The van der Waals surface area contributed by atoms with Crippen molar-refractivity contribution in [2.45, 2.75) is 12.3 Å². The number of aliphatic hydroxyl groups excluding tert-OH is 1. The van der Waals surface area contributed by atoms with E-state index in [1.807, 2.05) is 0 Å². The first-order valence-corrected chi connectivity index (χ1v) is 5.51. The summed E-state index contributed by atoms with van der Waals surface area (Å²) in [5.74, 6) is -0.290. The highest BCUT2D eigenvalue weighted by Crippen LogP contribution is 2.21. The molecule has 0 heterocycles. The molecule has 2 N–H and O–H groups in total. The monoisotopic (exact) mass is 289 g/mol. The highest BCUT2D eigenvalue weighted by atomic mass is 19.3. The number of rotatable bonds is 4. The molecule has 7 heteroatoms. The Bertz CT molecular complexity index is 535. The third-order valence-electron chi connectivity index (χ3n) is 2.24. The fraction of sp³-hybridized carbons (Fsp3) is 0.308. The fourth-order valence-electron chi connectivity index (χ4n) is 1.26. The predicted molar refractivity (Wildman–Crippen MR) is 63.7 cm³/mol. The second kappa shape index (κ2) is 6.91. The van der Waals surface area contributed by atoms with Crippen LogP contribution in [0.1, 0.15) is 15.9 Å². The normalized spacial score (nSPS) is 10.9. The van der Waals surface area contributed by atoms with Crippen LogP contribution in [0.2, 0.25) is 0 Å². The van der Waals surface area contributed by atoms with E-state index in [2.05, 4.69) is 11.8 Å². The van der Waals surface area contributed by atoms with Gasteiger partial charge in [0, 0.05) is 11.1 Å². The highest BCUT2D eigenvalue weighted by molar-refractivity contribution is 5.94. The molecule has 0 spiro atoms. The molecule has 0 aliphatic carbocycles. The maximum atomic E-state index is 12.7. The summed E-state index contributed by atoms with van der Waals surface area (Å²) in [6, 6.07) is 5.65. The van der Waals surface area contributed by atoms with Crippen molar-refractivity contribution in [2.24, 2.45) is 0 Å². The number of benzene rings is 1. The summed E-state index contributed by atoms with van der Waals surface area (Å²) in [5, 5.41) is 10.3. The molecule has 0 saturated carbocycles. The molecule has 108 valence electrons. The van der Waals surface area contributed by atoms with Crippen molar-refractivity contribution in [3.8, 4) is 11.8 Å². The minimum absolute atomic E-state index is 0.0137. The van der Waals surface area contributed by atoms with E-state index >= 15 is 0 Å². The van der Waals surface area contributed by atoms with E-state index in [9.17, 15) is 22.4 Å². The van der Waals surface area contributed by atoms with Gasteiger partial charge in [-0.05, 0) is 18.2 Å². The van der Waals surface area contributed by atoms with Gasteiger partial charge in [0.25, 0.3) is 5.91 Å². The first-order chi connectivity index (χ1) is 9.36. The summed E-state index contributed by atoms with van der Waals surface area (Å²) in [6.07, 6.45) is -3.84. The van der Waals surface area contributed by atoms with Gasteiger partial charge in [-0.25, -0.2) is 8.78 Å². The first-order valence-electron chi connectivity index (χ1n) is 5.51. The zero-order valence-corrected chi connectivity index (χ0v) is 10.2.